The van der Waals surface area contributed by atoms with Crippen LogP contribution in [0.25, 0.3) is 100 Å². The Kier molecular flexibility index (Phi) is 8.47. The second-order valence-electron chi connectivity index (χ2n) is 13.9. The zero-order valence-corrected chi connectivity index (χ0v) is 30.4. The molecule has 0 aliphatic heterocycles. The maximum absolute atomic E-state index is 5.45. The first-order valence-electron chi connectivity index (χ1n) is 18.8. The van der Waals surface area contributed by atoms with Crippen LogP contribution >= 0.6 is 0 Å². The molecular weight excluding hydrogens is 681 g/mol. The van der Waals surface area contributed by atoms with Gasteiger partial charge in [-0.2, -0.15) is 0 Å². The number of benzene rings is 6. The second kappa shape index (κ2) is 14.3. The van der Waals surface area contributed by atoms with Crippen molar-refractivity contribution >= 4 is 21.7 Å². The molecule has 0 aliphatic carbocycles. The normalized spacial score (nSPS) is 11.2. The average molecular weight is 715 g/mol. The van der Waals surface area contributed by atoms with Gasteiger partial charge in [0.15, 0.2) is 0 Å². The zero-order chi connectivity index (χ0) is 37.3. The summed E-state index contributed by atoms with van der Waals surface area (Å²) in [7, 11) is 0. The van der Waals surface area contributed by atoms with Crippen LogP contribution in [0, 0.1) is 0 Å². The number of aromatic nitrogens is 4. The van der Waals surface area contributed by atoms with Gasteiger partial charge in [-0.05, 0) is 93.0 Å². The highest BCUT2D eigenvalue weighted by atomic mass is 14.8. The van der Waals surface area contributed by atoms with E-state index in [1.54, 1.807) is 12.4 Å². The van der Waals surface area contributed by atoms with Crippen LogP contribution in [-0.4, -0.2) is 19.9 Å². The van der Waals surface area contributed by atoms with Gasteiger partial charge >= 0.3 is 0 Å². The minimum atomic E-state index is 0.806. The van der Waals surface area contributed by atoms with Gasteiger partial charge in [-0.15, -0.1) is 0 Å². The van der Waals surface area contributed by atoms with Crippen LogP contribution in [0.4, 0.5) is 0 Å². The van der Waals surface area contributed by atoms with E-state index in [9.17, 15) is 0 Å². The molecule has 0 unspecified atom stereocenters. The summed E-state index contributed by atoms with van der Waals surface area (Å²) >= 11 is 0. The second-order valence-corrected chi connectivity index (χ2v) is 13.9. The molecule has 4 heteroatoms. The minimum absolute atomic E-state index is 0.806. The molecule has 10 aromatic rings. The lowest BCUT2D eigenvalue weighted by atomic mass is 9.91. The molecule has 0 saturated heterocycles. The molecule has 4 aromatic heterocycles. The molecule has 56 heavy (non-hydrogen) atoms. The van der Waals surface area contributed by atoms with E-state index in [0.717, 1.165) is 72.6 Å². The van der Waals surface area contributed by atoms with Crippen molar-refractivity contribution in [2.24, 2.45) is 0 Å². The largest absolute Gasteiger partial charge is 0.255 e. The van der Waals surface area contributed by atoms with Crippen molar-refractivity contribution in [2.75, 3.05) is 0 Å². The first-order chi connectivity index (χ1) is 27.7. The van der Waals surface area contributed by atoms with Gasteiger partial charge in [0.1, 0.15) is 0 Å². The molecule has 4 nitrogen and oxygen atoms in total. The molecule has 0 bridgehead atoms. The molecule has 0 radical (unpaired) electrons. The fourth-order valence-corrected chi connectivity index (χ4v) is 7.63. The Morgan fingerprint density at radius 1 is 0.286 bits per heavy atom. The Bertz CT molecular complexity index is 2930. The van der Waals surface area contributed by atoms with Crippen molar-refractivity contribution in [1.82, 2.24) is 19.9 Å². The maximum atomic E-state index is 5.45. The average Bonchev–Trinajstić information content (AvgIpc) is 3.29. The van der Waals surface area contributed by atoms with Crippen LogP contribution in [0.5, 0.6) is 0 Å². The van der Waals surface area contributed by atoms with Gasteiger partial charge in [0.2, 0.25) is 0 Å². The quantitative estimate of drug-likeness (QED) is 0.154. The summed E-state index contributed by atoms with van der Waals surface area (Å²) < 4.78 is 0. The molecule has 0 fully saturated rings. The topological polar surface area (TPSA) is 51.6 Å². The third-order valence-corrected chi connectivity index (χ3v) is 10.4. The molecule has 10 rings (SSSR count). The van der Waals surface area contributed by atoms with Crippen LogP contribution < -0.4 is 0 Å². The molecule has 0 N–H and O–H groups in total. The molecule has 0 saturated carbocycles. The highest BCUT2D eigenvalue weighted by Gasteiger charge is 2.17. The lowest BCUT2D eigenvalue weighted by Crippen LogP contribution is -1.94. The Balaban J connectivity index is 1.10. The summed E-state index contributed by atoms with van der Waals surface area (Å²) in [5.74, 6) is 0. The Labute approximate surface area is 325 Å². The number of rotatable bonds is 7. The third-order valence-electron chi connectivity index (χ3n) is 10.4. The minimum Gasteiger partial charge on any atom is -0.255 e. The van der Waals surface area contributed by atoms with Crippen molar-refractivity contribution in [3.63, 3.8) is 0 Å². The molecule has 0 atom stereocenters. The standard InChI is InChI=1S/C52H34N4/c1-3-13-35(14-4-1)39-17-11-18-41(31-39)52-45-20-12-19-43(38-15-5-2-6-16-38)51(45)44-28-27-40(32-48(44)56-52)36-23-25-37(26-24-36)42-33-49(46-21-7-9-29-53-46)55-50(34-42)47-22-8-10-30-54-47/h1-34H. The highest BCUT2D eigenvalue weighted by Crippen LogP contribution is 2.40. The molecule has 0 amide bonds. The molecule has 262 valence electrons. The van der Waals surface area contributed by atoms with Crippen LogP contribution in [0.3, 0.4) is 0 Å². The summed E-state index contributed by atoms with van der Waals surface area (Å²) in [6.07, 6.45) is 3.60. The van der Waals surface area contributed by atoms with E-state index in [1.165, 1.54) is 27.6 Å². The van der Waals surface area contributed by atoms with Gasteiger partial charge in [0.25, 0.3) is 0 Å². The van der Waals surface area contributed by atoms with Gasteiger partial charge in [-0.1, -0.05) is 146 Å². The fourth-order valence-electron chi connectivity index (χ4n) is 7.63. The summed E-state index contributed by atoms with van der Waals surface area (Å²) in [5.41, 5.74) is 15.4. The van der Waals surface area contributed by atoms with E-state index in [1.807, 2.05) is 36.4 Å². The molecule has 4 heterocycles. The van der Waals surface area contributed by atoms with Crippen LogP contribution in [-0.2, 0) is 0 Å². The number of fused-ring (bicyclic) bond motifs is 3. The fraction of sp³-hybridized carbons (Fsp3) is 0. The third kappa shape index (κ3) is 6.29. The monoisotopic (exact) mass is 714 g/mol. The van der Waals surface area contributed by atoms with Crippen LogP contribution in [0.15, 0.2) is 207 Å². The zero-order valence-electron chi connectivity index (χ0n) is 30.4. The Morgan fingerprint density at radius 2 is 0.821 bits per heavy atom. The first kappa shape index (κ1) is 33.0. The van der Waals surface area contributed by atoms with E-state index >= 15 is 0 Å². The Morgan fingerprint density at radius 3 is 1.48 bits per heavy atom. The summed E-state index contributed by atoms with van der Waals surface area (Å²) in [6.45, 7) is 0. The lowest BCUT2D eigenvalue weighted by Gasteiger charge is -2.16. The number of hydrogen-bond acceptors (Lipinski definition) is 4. The van der Waals surface area contributed by atoms with E-state index in [4.69, 9.17) is 9.97 Å². The van der Waals surface area contributed by atoms with E-state index in [2.05, 4.69) is 168 Å². The van der Waals surface area contributed by atoms with Crippen LogP contribution in [0.2, 0.25) is 0 Å². The summed E-state index contributed by atoms with van der Waals surface area (Å²) in [6, 6.07) is 68.0. The number of pyridine rings is 4. The molecule has 0 spiro atoms. The van der Waals surface area contributed by atoms with E-state index in [0.29, 0.717) is 0 Å². The number of nitrogens with zero attached hydrogens (tertiary/aromatic N) is 4. The van der Waals surface area contributed by atoms with E-state index in [-0.39, 0.29) is 0 Å². The van der Waals surface area contributed by atoms with Gasteiger partial charge in [-0.25, -0.2) is 9.97 Å². The maximum Gasteiger partial charge on any atom is 0.0900 e. The number of hydrogen-bond donors (Lipinski definition) is 0. The van der Waals surface area contributed by atoms with Crippen LogP contribution in [0.1, 0.15) is 0 Å². The lowest BCUT2D eigenvalue weighted by molar-refractivity contribution is 1.22. The SMILES string of the molecule is c1ccc(-c2cccc(-c3nc4cc(-c5ccc(-c6cc(-c7ccccn7)nc(-c7ccccn7)c6)cc5)ccc4c4c(-c5ccccc5)cccc34)c2)cc1. The smallest absolute Gasteiger partial charge is 0.0900 e. The van der Waals surface area contributed by atoms with Crippen molar-refractivity contribution in [2.45, 2.75) is 0 Å². The highest BCUT2D eigenvalue weighted by molar-refractivity contribution is 6.17. The van der Waals surface area contributed by atoms with Crippen molar-refractivity contribution in [1.29, 1.82) is 0 Å². The molecular formula is C52H34N4. The summed E-state index contributed by atoms with van der Waals surface area (Å²) in [5, 5.41) is 3.47. The van der Waals surface area contributed by atoms with Gasteiger partial charge in [-0.3, -0.25) is 9.97 Å². The van der Waals surface area contributed by atoms with Crippen molar-refractivity contribution < 1.29 is 0 Å². The van der Waals surface area contributed by atoms with E-state index < -0.39 is 0 Å². The molecule has 0 aliphatic rings. The van der Waals surface area contributed by atoms with Crippen molar-refractivity contribution in [3.8, 4) is 78.5 Å². The Hall–Kier alpha value is -7.56. The predicted octanol–water partition coefficient (Wildman–Crippen LogP) is 13.2. The molecule has 6 aromatic carbocycles. The van der Waals surface area contributed by atoms with Gasteiger partial charge < -0.3 is 0 Å². The predicted molar refractivity (Wildman–Crippen MR) is 231 cm³/mol. The van der Waals surface area contributed by atoms with Gasteiger partial charge in [0.05, 0.1) is 34.0 Å². The van der Waals surface area contributed by atoms with Gasteiger partial charge in [0, 0.05) is 34.1 Å². The van der Waals surface area contributed by atoms with Crippen molar-refractivity contribution in [3.05, 3.63) is 207 Å². The first-order valence-corrected chi connectivity index (χ1v) is 18.8. The summed E-state index contributed by atoms with van der Waals surface area (Å²) in [4.78, 5) is 19.6.